The summed E-state index contributed by atoms with van der Waals surface area (Å²) in [7, 11) is 1.73. The minimum atomic E-state index is -4.52. The molecule has 0 amide bonds. The molecule has 2 aromatic heterocycles. The molecule has 0 bridgehead atoms. The normalized spacial score (nSPS) is 12.7. The van der Waals surface area contributed by atoms with Gasteiger partial charge in [0.1, 0.15) is 5.02 Å². The highest BCUT2D eigenvalue weighted by atomic mass is 35.5. The fourth-order valence-electron chi connectivity index (χ4n) is 2.74. The topological polar surface area (TPSA) is 51.0 Å². The zero-order chi connectivity index (χ0) is 21.3. The lowest BCUT2D eigenvalue weighted by atomic mass is 10.1. The largest absolute Gasteiger partial charge is 0.417 e. The van der Waals surface area contributed by atoms with E-state index in [2.05, 4.69) is 10.1 Å². The standard InChI is InChI=1S/C19H15Cl2F3N4O/c1-11(13-5-3-4-6-14(13)20)27(2)15-10-26-28(18(29)17(15)21)16-8-7-12(9-25-16)19(22,23)24/h3-11H,1-2H3/t11-/m0/s1. The summed E-state index contributed by atoms with van der Waals surface area (Å²) in [4.78, 5) is 18.1. The van der Waals surface area contributed by atoms with E-state index in [9.17, 15) is 18.0 Å². The van der Waals surface area contributed by atoms with Gasteiger partial charge in [0.25, 0.3) is 5.56 Å². The molecule has 0 saturated heterocycles. The van der Waals surface area contributed by atoms with Crippen LogP contribution >= 0.6 is 23.2 Å². The van der Waals surface area contributed by atoms with Gasteiger partial charge in [0.2, 0.25) is 0 Å². The molecule has 0 radical (unpaired) electrons. The summed E-state index contributed by atoms with van der Waals surface area (Å²) < 4.78 is 38.9. The highest BCUT2D eigenvalue weighted by Gasteiger charge is 2.31. The summed E-state index contributed by atoms with van der Waals surface area (Å²) in [6.07, 6.45) is -2.53. The molecule has 2 heterocycles. The third-order valence-electron chi connectivity index (χ3n) is 4.51. The quantitative estimate of drug-likeness (QED) is 0.560. The predicted molar refractivity (Wildman–Crippen MR) is 106 cm³/mol. The molecule has 0 saturated carbocycles. The van der Waals surface area contributed by atoms with E-state index >= 15 is 0 Å². The highest BCUT2D eigenvalue weighted by molar-refractivity contribution is 6.33. The molecule has 0 spiro atoms. The van der Waals surface area contributed by atoms with Crippen molar-refractivity contribution in [3.05, 3.63) is 80.3 Å². The monoisotopic (exact) mass is 442 g/mol. The maximum atomic E-state index is 12.7. The van der Waals surface area contributed by atoms with Gasteiger partial charge >= 0.3 is 6.18 Å². The first kappa shape index (κ1) is 21.1. The van der Waals surface area contributed by atoms with Gasteiger partial charge in [-0.1, -0.05) is 41.4 Å². The van der Waals surface area contributed by atoms with Crippen molar-refractivity contribution in [1.29, 1.82) is 0 Å². The van der Waals surface area contributed by atoms with E-state index < -0.39 is 17.3 Å². The Balaban J connectivity index is 1.96. The van der Waals surface area contributed by atoms with Gasteiger partial charge in [0, 0.05) is 18.3 Å². The van der Waals surface area contributed by atoms with Gasteiger partial charge in [-0.3, -0.25) is 4.79 Å². The first-order valence-corrected chi connectivity index (χ1v) is 9.15. The summed E-state index contributed by atoms with van der Waals surface area (Å²) in [5.74, 6) is -0.0711. The second-order valence-electron chi connectivity index (χ2n) is 6.27. The molecule has 3 aromatic rings. The molecule has 10 heteroatoms. The van der Waals surface area contributed by atoms with E-state index in [4.69, 9.17) is 23.2 Å². The van der Waals surface area contributed by atoms with Gasteiger partial charge in [-0.2, -0.15) is 23.0 Å². The Morgan fingerprint density at radius 2 is 1.79 bits per heavy atom. The minimum Gasteiger partial charge on any atom is -0.365 e. The van der Waals surface area contributed by atoms with Crippen molar-refractivity contribution in [2.45, 2.75) is 19.1 Å². The van der Waals surface area contributed by atoms with Crippen LogP contribution in [-0.2, 0) is 6.18 Å². The van der Waals surface area contributed by atoms with Gasteiger partial charge in [-0.25, -0.2) is 4.98 Å². The molecule has 1 aromatic carbocycles. The Morgan fingerprint density at radius 3 is 2.38 bits per heavy atom. The van der Waals surface area contributed by atoms with E-state index in [-0.39, 0.29) is 16.9 Å². The second kappa shape index (κ2) is 8.04. The molecule has 0 aliphatic heterocycles. The van der Waals surface area contributed by atoms with Crippen molar-refractivity contribution < 1.29 is 13.2 Å². The minimum absolute atomic E-state index is 0.0711. The average Bonchev–Trinajstić information content (AvgIpc) is 2.69. The molecule has 0 aliphatic rings. The van der Waals surface area contributed by atoms with Gasteiger partial charge in [0.15, 0.2) is 5.82 Å². The van der Waals surface area contributed by atoms with Gasteiger partial charge in [0.05, 0.1) is 23.5 Å². The van der Waals surface area contributed by atoms with Crippen molar-refractivity contribution in [3.8, 4) is 5.82 Å². The Kier molecular flexibility index (Phi) is 5.86. The van der Waals surface area contributed by atoms with Crippen molar-refractivity contribution in [3.63, 3.8) is 0 Å². The maximum Gasteiger partial charge on any atom is 0.417 e. The number of halogens is 5. The van der Waals surface area contributed by atoms with Crippen LogP contribution in [0.25, 0.3) is 5.82 Å². The van der Waals surface area contributed by atoms with E-state index in [0.717, 1.165) is 22.4 Å². The van der Waals surface area contributed by atoms with Crippen LogP contribution < -0.4 is 10.5 Å². The third-order valence-corrected chi connectivity index (χ3v) is 5.21. The number of hydrogen-bond acceptors (Lipinski definition) is 4. The lowest BCUT2D eigenvalue weighted by molar-refractivity contribution is -0.137. The molecule has 0 unspecified atom stereocenters. The molecule has 5 nitrogen and oxygen atoms in total. The smallest absolute Gasteiger partial charge is 0.365 e. The van der Waals surface area contributed by atoms with Crippen LogP contribution in [0, 0.1) is 0 Å². The first-order chi connectivity index (χ1) is 13.6. The molecular weight excluding hydrogens is 428 g/mol. The van der Waals surface area contributed by atoms with E-state index in [0.29, 0.717) is 16.9 Å². The van der Waals surface area contributed by atoms with Gasteiger partial charge in [-0.15, -0.1) is 0 Å². The van der Waals surface area contributed by atoms with Crippen molar-refractivity contribution in [2.24, 2.45) is 0 Å². The molecule has 3 rings (SSSR count). The molecule has 0 fully saturated rings. The molecule has 152 valence electrons. The summed E-state index contributed by atoms with van der Waals surface area (Å²) in [5.41, 5.74) is -0.437. The van der Waals surface area contributed by atoms with E-state index in [1.165, 1.54) is 6.20 Å². The van der Waals surface area contributed by atoms with Crippen LogP contribution in [0.5, 0.6) is 0 Å². The molecule has 29 heavy (non-hydrogen) atoms. The van der Waals surface area contributed by atoms with Crippen LogP contribution in [-0.4, -0.2) is 21.8 Å². The number of rotatable bonds is 4. The van der Waals surface area contributed by atoms with Crippen LogP contribution in [0.3, 0.4) is 0 Å². The summed E-state index contributed by atoms with van der Waals surface area (Å²) in [6, 6.07) is 8.94. The number of alkyl halides is 3. The third kappa shape index (κ3) is 4.23. The average molecular weight is 443 g/mol. The SMILES string of the molecule is C[C@@H](c1ccccc1Cl)N(C)c1cnn(-c2ccc(C(F)(F)F)cn2)c(=O)c1Cl. The summed E-state index contributed by atoms with van der Waals surface area (Å²) in [6.45, 7) is 1.89. The van der Waals surface area contributed by atoms with Crippen LogP contribution in [0.4, 0.5) is 18.9 Å². The number of aromatic nitrogens is 3. The zero-order valence-corrected chi connectivity index (χ0v) is 16.8. The highest BCUT2D eigenvalue weighted by Crippen LogP contribution is 2.32. The maximum absolute atomic E-state index is 12.7. The van der Waals surface area contributed by atoms with E-state index in [1.807, 2.05) is 25.1 Å². The Hall–Kier alpha value is -2.58. The number of benzene rings is 1. The van der Waals surface area contributed by atoms with E-state index in [1.54, 1.807) is 18.0 Å². The van der Waals surface area contributed by atoms with Gasteiger partial charge in [-0.05, 0) is 30.7 Å². The number of nitrogens with zero attached hydrogens (tertiary/aromatic N) is 4. The van der Waals surface area contributed by atoms with Crippen LogP contribution in [0.2, 0.25) is 10.0 Å². The Bertz CT molecular complexity index is 1080. The number of anilines is 1. The van der Waals surface area contributed by atoms with Crippen LogP contribution in [0.15, 0.2) is 53.6 Å². The summed E-state index contributed by atoms with van der Waals surface area (Å²) >= 11 is 12.5. The lowest BCUT2D eigenvalue weighted by Crippen LogP contribution is -2.28. The second-order valence-corrected chi connectivity index (χ2v) is 7.06. The summed E-state index contributed by atoms with van der Waals surface area (Å²) in [5, 5.41) is 4.45. The fraction of sp³-hybridized carbons (Fsp3) is 0.211. The van der Waals surface area contributed by atoms with Crippen LogP contribution in [0.1, 0.15) is 24.1 Å². The first-order valence-electron chi connectivity index (χ1n) is 8.40. The number of hydrogen-bond donors (Lipinski definition) is 0. The number of pyridine rings is 1. The van der Waals surface area contributed by atoms with Crippen molar-refractivity contribution in [2.75, 3.05) is 11.9 Å². The van der Waals surface area contributed by atoms with Crippen molar-refractivity contribution in [1.82, 2.24) is 14.8 Å². The van der Waals surface area contributed by atoms with Crippen molar-refractivity contribution >= 4 is 28.9 Å². The zero-order valence-electron chi connectivity index (χ0n) is 15.3. The molecular formula is C19H15Cl2F3N4O. The van der Waals surface area contributed by atoms with Gasteiger partial charge < -0.3 is 4.90 Å². The Morgan fingerprint density at radius 1 is 1.10 bits per heavy atom. The molecule has 0 aliphatic carbocycles. The Labute approximate surface area is 174 Å². The fourth-order valence-corrected chi connectivity index (χ4v) is 3.30. The molecule has 0 N–H and O–H groups in total. The molecule has 1 atom stereocenters. The predicted octanol–water partition coefficient (Wildman–Crippen LogP) is 5.15. The lowest BCUT2D eigenvalue weighted by Gasteiger charge is -2.28.